The predicted octanol–water partition coefficient (Wildman–Crippen LogP) is 5.55. The second-order valence-electron chi connectivity index (χ2n) is 8.58. The molecule has 0 bridgehead atoms. The maximum Gasteiger partial charge on any atom is 0.258 e. The number of ether oxygens (including phenoxy) is 1. The first-order chi connectivity index (χ1) is 16.6. The summed E-state index contributed by atoms with van der Waals surface area (Å²) in [7, 11) is 0. The van der Waals surface area contributed by atoms with E-state index in [0.29, 0.717) is 13.1 Å². The minimum Gasteiger partial charge on any atom is -0.483 e. The number of carbonyl (C=O) groups excluding carboxylic acids is 1. The Labute approximate surface area is 199 Å². The van der Waals surface area contributed by atoms with Crippen molar-refractivity contribution in [2.75, 3.05) is 6.61 Å². The number of benzene rings is 4. The smallest absolute Gasteiger partial charge is 0.258 e. The molecule has 1 aromatic heterocycles. The Balaban J connectivity index is 1.36. The largest absolute Gasteiger partial charge is 0.483 e. The van der Waals surface area contributed by atoms with Crippen molar-refractivity contribution in [3.05, 3.63) is 107 Å². The van der Waals surface area contributed by atoms with Crippen molar-refractivity contribution >= 4 is 27.7 Å². The van der Waals surface area contributed by atoms with E-state index in [9.17, 15) is 4.79 Å². The fraction of sp³-hybridized carbons (Fsp3) is 0.172. The van der Waals surface area contributed by atoms with Crippen LogP contribution in [0.1, 0.15) is 22.5 Å². The van der Waals surface area contributed by atoms with Crippen LogP contribution in [0.2, 0.25) is 0 Å². The molecule has 1 heterocycles. The summed E-state index contributed by atoms with van der Waals surface area (Å²) in [6.07, 6.45) is 0. The maximum absolute atomic E-state index is 12.6. The van der Waals surface area contributed by atoms with Crippen molar-refractivity contribution in [3.63, 3.8) is 0 Å². The summed E-state index contributed by atoms with van der Waals surface area (Å²) in [5, 5.41) is 5.41. The number of aromatic nitrogens is 2. The van der Waals surface area contributed by atoms with Gasteiger partial charge in [-0.15, -0.1) is 0 Å². The lowest BCUT2D eigenvalue weighted by atomic mass is 10.0. The molecule has 5 nitrogen and oxygen atoms in total. The van der Waals surface area contributed by atoms with Gasteiger partial charge in [0.25, 0.3) is 5.91 Å². The van der Waals surface area contributed by atoms with Gasteiger partial charge in [-0.2, -0.15) is 0 Å². The molecule has 170 valence electrons. The van der Waals surface area contributed by atoms with E-state index < -0.39 is 0 Å². The summed E-state index contributed by atoms with van der Waals surface area (Å²) in [6.45, 7) is 4.95. The van der Waals surface area contributed by atoms with E-state index >= 15 is 0 Å². The molecule has 0 fully saturated rings. The third kappa shape index (κ3) is 4.50. The molecule has 34 heavy (non-hydrogen) atoms. The highest BCUT2D eigenvalue weighted by Gasteiger charge is 2.14. The quantitative estimate of drug-likeness (QED) is 0.354. The minimum absolute atomic E-state index is 0.0339. The number of nitrogens with zero attached hydrogens (tertiary/aromatic N) is 2. The zero-order valence-electron chi connectivity index (χ0n) is 19.4. The topological polar surface area (TPSA) is 56.1 Å². The zero-order valence-corrected chi connectivity index (χ0v) is 19.4. The van der Waals surface area contributed by atoms with Crippen molar-refractivity contribution in [1.29, 1.82) is 0 Å². The summed E-state index contributed by atoms with van der Waals surface area (Å²) in [5.41, 5.74) is 5.29. The molecule has 1 N–H and O–H groups in total. The summed E-state index contributed by atoms with van der Waals surface area (Å²) in [5.74, 6) is 1.37. The molecule has 4 aromatic carbocycles. The molecule has 5 rings (SSSR count). The number of hydrogen-bond donors (Lipinski definition) is 1. The van der Waals surface area contributed by atoms with Crippen LogP contribution in [0.3, 0.4) is 0 Å². The monoisotopic (exact) mass is 449 g/mol. The molecule has 5 heteroatoms. The van der Waals surface area contributed by atoms with Gasteiger partial charge in [0, 0.05) is 0 Å². The van der Waals surface area contributed by atoms with Crippen molar-refractivity contribution in [1.82, 2.24) is 14.9 Å². The van der Waals surface area contributed by atoms with Crippen LogP contribution in [-0.2, 0) is 17.9 Å². The van der Waals surface area contributed by atoms with Gasteiger partial charge in [0.2, 0.25) is 0 Å². The van der Waals surface area contributed by atoms with Crippen LogP contribution in [0.4, 0.5) is 0 Å². The molecule has 0 aliphatic rings. The van der Waals surface area contributed by atoms with Gasteiger partial charge in [-0.1, -0.05) is 66.7 Å². The zero-order chi connectivity index (χ0) is 23.5. The van der Waals surface area contributed by atoms with Crippen molar-refractivity contribution in [2.45, 2.75) is 26.9 Å². The third-order valence-corrected chi connectivity index (χ3v) is 6.09. The average molecular weight is 450 g/mol. The first kappa shape index (κ1) is 21.7. The van der Waals surface area contributed by atoms with Gasteiger partial charge in [-0.3, -0.25) is 4.79 Å². The Morgan fingerprint density at radius 2 is 1.74 bits per heavy atom. The van der Waals surface area contributed by atoms with Crippen LogP contribution in [-0.4, -0.2) is 22.1 Å². The highest BCUT2D eigenvalue weighted by molar-refractivity contribution is 5.86. The van der Waals surface area contributed by atoms with E-state index in [1.807, 2.05) is 50.2 Å². The van der Waals surface area contributed by atoms with Gasteiger partial charge in [0.05, 0.1) is 24.1 Å². The number of aryl methyl sites for hydroxylation is 2. The fourth-order valence-electron chi connectivity index (χ4n) is 4.27. The second-order valence-corrected chi connectivity index (χ2v) is 8.58. The fourth-order valence-corrected chi connectivity index (χ4v) is 4.27. The number of fused-ring (bicyclic) bond motifs is 2. The molecular weight excluding hydrogens is 422 g/mol. The van der Waals surface area contributed by atoms with E-state index in [0.717, 1.165) is 33.7 Å². The number of carbonyl (C=O) groups is 1. The van der Waals surface area contributed by atoms with Gasteiger partial charge >= 0.3 is 0 Å². The van der Waals surface area contributed by atoms with Gasteiger partial charge in [-0.25, -0.2) is 4.98 Å². The SMILES string of the molecule is Cc1ccc(C)c(OCC(=O)NCc2nc3ccccc3n2Cc2cccc3ccccc23)c1. The van der Waals surface area contributed by atoms with Gasteiger partial charge < -0.3 is 14.6 Å². The predicted molar refractivity (Wildman–Crippen MR) is 136 cm³/mol. The molecule has 0 unspecified atom stereocenters. The lowest BCUT2D eigenvalue weighted by molar-refractivity contribution is -0.123. The number of nitrogens with one attached hydrogen (secondary N) is 1. The Kier molecular flexibility index (Phi) is 6.00. The first-order valence-electron chi connectivity index (χ1n) is 11.5. The van der Waals surface area contributed by atoms with E-state index in [1.54, 1.807) is 0 Å². The molecule has 1 amide bonds. The molecule has 0 saturated carbocycles. The van der Waals surface area contributed by atoms with Crippen LogP contribution in [0.15, 0.2) is 84.9 Å². The van der Waals surface area contributed by atoms with Crippen LogP contribution in [0, 0.1) is 13.8 Å². The minimum atomic E-state index is -0.176. The van der Waals surface area contributed by atoms with E-state index in [-0.39, 0.29) is 12.5 Å². The van der Waals surface area contributed by atoms with Crippen LogP contribution < -0.4 is 10.1 Å². The Morgan fingerprint density at radius 3 is 2.65 bits per heavy atom. The van der Waals surface area contributed by atoms with Gasteiger partial charge in [-0.05, 0) is 59.5 Å². The summed E-state index contributed by atoms with van der Waals surface area (Å²) in [6, 6.07) is 28.8. The average Bonchev–Trinajstić information content (AvgIpc) is 3.21. The third-order valence-electron chi connectivity index (χ3n) is 6.09. The molecule has 5 aromatic rings. The first-order valence-corrected chi connectivity index (χ1v) is 11.5. The number of para-hydroxylation sites is 2. The van der Waals surface area contributed by atoms with E-state index in [4.69, 9.17) is 9.72 Å². The molecular formula is C29H27N3O2. The Hall–Kier alpha value is -4.12. The van der Waals surface area contributed by atoms with Gasteiger partial charge in [0.1, 0.15) is 11.6 Å². The molecule has 0 saturated heterocycles. The van der Waals surface area contributed by atoms with Crippen LogP contribution >= 0.6 is 0 Å². The maximum atomic E-state index is 12.6. The number of imidazole rings is 1. The number of rotatable bonds is 7. The summed E-state index contributed by atoms with van der Waals surface area (Å²) in [4.78, 5) is 17.4. The van der Waals surface area contributed by atoms with Crippen LogP contribution in [0.5, 0.6) is 5.75 Å². The Morgan fingerprint density at radius 1 is 0.941 bits per heavy atom. The highest BCUT2D eigenvalue weighted by Crippen LogP contribution is 2.23. The van der Waals surface area contributed by atoms with Gasteiger partial charge in [0.15, 0.2) is 6.61 Å². The standard InChI is InChI=1S/C29H27N3O2/c1-20-14-15-21(2)27(16-20)34-19-29(33)30-17-28-31-25-12-5-6-13-26(25)32(28)18-23-10-7-9-22-8-3-4-11-24(22)23/h3-16H,17-19H2,1-2H3,(H,30,33). The lowest BCUT2D eigenvalue weighted by Crippen LogP contribution is -2.29. The highest BCUT2D eigenvalue weighted by atomic mass is 16.5. The van der Waals surface area contributed by atoms with Crippen molar-refractivity contribution < 1.29 is 9.53 Å². The van der Waals surface area contributed by atoms with E-state index in [1.165, 1.54) is 16.3 Å². The van der Waals surface area contributed by atoms with Crippen molar-refractivity contribution in [2.24, 2.45) is 0 Å². The normalized spacial score (nSPS) is 11.1. The summed E-state index contributed by atoms with van der Waals surface area (Å²) >= 11 is 0. The second kappa shape index (κ2) is 9.40. The number of amides is 1. The molecule has 0 radical (unpaired) electrons. The Bertz CT molecular complexity index is 1480. The molecule has 0 aliphatic carbocycles. The lowest BCUT2D eigenvalue weighted by Gasteiger charge is -2.13. The van der Waals surface area contributed by atoms with Crippen LogP contribution in [0.25, 0.3) is 21.8 Å². The van der Waals surface area contributed by atoms with Crippen molar-refractivity contribution in [3.8, 4) is 5.75 Å². The molecule has 0 aliphatic heterocycles. The molecule has 0 spiro atoms. The summed E-state index contributed by atoms with van der Waals surface area (Å²) < 4.78 is 7.95. The molecule has 0 atom stereocenters. The number of hydrogen-bond acceptors (Lipinski definition) is 3. The van der Waals surface area contributed by atoms with E-state index in [2.05, 4.69) is 58.4 Å².